The van der Waals surface area contributed by atoms with Crippen molar-refractivity contribution < 1.29 is 9.53 Å². The predicted octanol–water partition coefficient (Wildman–Crippen LogP) is 1.96. The van der Waals surface area contributed by atoms with Gasteiger partial charge in [0.15, 0.2) is 0 Å². The van der Waals surface area contributed by atoms with Gasteiger partial charge in [-0.2, -0.15) is 0 Å². The molecule has 0 radical (unpaired) electrons. The number of methoxy groups -OCH3 is 1. The van der Waals surface area contributed by atoms with Gasteiger partial charge in [0.25, 0.3) is 0 Å². The molecule has 1 saturated heterocycles. The van der Waals surface area contributed by atoms with E-state index in [-0.39, 0.29) is 6.09 Å². The van der Waals surface area contributed by atoms with Crippen LogP contribution >= 0.6 is 0 Å². The van der Waals surface area contributed by atoms with Crippen molar-refractivity contribution in [3.05, 3.63) is 35.9 Å². The summed E-state index contributed by atoms with van der Waals surface area (Å²) in [5.74, 6) is 0. The molecule has 1 fully saturated rings. The second kappa shape index (κ2) is 5.87. The van der Waals surface area contributed by atoms with E-state index in [0.29, 0.717) is 6.04 Å². The highest BCUT2D eigenvalue weighted by molar-refractivity contribution is 5.67. The van der Waals surface area contributed by atoms with Gasteiger partial charge < -0.3 is 9.64 Å². The van der Waals surface area contributed by atoms with E-state index < -0.39 is 0 Å². The van der Waals surface area contributed by atoms with Crippen LogP contribution in [0.1, 0.15) is 12.5 Å². The van der Waals surface area contributed by atoms with Crippen LogP contribution in [0.15, 0.2) is 30.3 Å². The van der Waals surface area contributed by atoms with Gasteiger partial charge in [0, 0.05) is 32.2 Å². The van der Waals surface area contributed by atoms with Gasteiger partial charge in [0.2, 0.25) is 0 Å². The maximum Gasteiger partial charge on any atom is 0.409 e. The van der Waals surface area contributed by atoms with Gasteiger partial charge >= 0.3 is 6.09 Å². The van der Waals surface area contributed by atoms with Gasteiger partial charge in [-0.15, -0.1) is 0 Å². The molecule has 0 spiro atoms. The van der Waals surface area contributed by atoms with Crippen molar-refractivity contribution in [1.29, 1.82) is 0 Å². The molecule has 1 aromatic rings. The SMILES string of the molecule is COC(=O)N1CCN(Cc2ccccc2)C(C)C1. The van der Waals surface area contributed by atoms with Crippen LogP contribution in [-0.2, 0) is 11.3 Å². The summed E-state index contributed by atoms with van der Waals surface area (Å²) >= 11 is 0. The van der Waals surface area contributed by atoms with Gasteiger partial charge in [-0.05, 0) is 12.5 Å². The molecule has 1 aliphatic heterocycles. The monoisotopic (exact) mass is 248 g/mol. The van der Waals surface area contributed by atoms with Crippen molar-refractivity contribution in [3.8, 4) is 0 Å². The zero-order valence-electron chi connectivity index (χ0n) is 11.0. The van der Waals surface area contributed by atoms with Crippen LogP contribution in [0.25, 0.3) is 0 Å². The average molecular weight is 248 g/mol. The fourth-order valence-electron chi connectivity index (χ4n) is 2.34. The van der Waals surface area contributed by atoms with E-state index in [2.05, 4.69) is 36.1 Å². The fourth-order valence-corrected chi connectivity index (χ4v) is 2.34. The van der Waals surface area contributed by atoms with Crippen molar-refractivity contribution >= 4 is 6.09 Å². The third kappa shape index (κ3) is 3.01. The molecule has 1 aliphatic rings. The number of amides is 1. The van der Waals surface area contributed by atoms with Crippen LogP contribution in [0, 0.1) is 0 Å². The zero-order chi connectivity index (χ0) is 13.0. The first-order valence-electron chi connectivity index (χ1n) is 6.31. The van der Waals surface area contributed by atoms with E-state index in [9.17, 15) is 4.79 Å². The third-order valence-electron chi connectivity index (χ3n) is 3.43. The number of rotatable bonds is 2. The largest absolute Gasteiger partial charge is 0.453 e. The first kappa shape index (κ1) is 12.9. The molecular formula is C14H20N2O2. The molecule has 1 aromatic carbocycles. The Hall–Kier alpha value is -1.55. The average Bonchev–Trinajstić information content (AvgIpc) is 2.41. The highest BCUT2D eigenvalue weighted by Crippen LogP contribution is 2.14. The van der Waals surface area contributed by atoms with Crippen LogP contribution in [0.4, 0.5) is 4.79 Å². The first-order valence-corrected chi connectivity index (χ1v) is 6.31. The molecule has 18 heavy (non-hydrogen) atoms. The van der Waals surface area contributed by atoms with Gasteiger partial charge in [-0.1, -0.05) is 30.3 Å². The summed E-state index contributed by atoms with van der Waals surface area (Å²) in [7, 11) is 1.43. The predicted molar refractivity (Wildman–Crippen MR) is 70.3 cm³/mol. The van der Waals surface area contributed by atoms with Crippen molar-refractivity contribution in [2.45, 2.75) is 19.5 Å². The normalized spacial score (nSPS) is 20.8. The molecule has 1 heterocycles. The lowest BCUT2D eigenvalue weighted by atomic mass is 10.1. The number of benzene rings is 1. The summed E-state index contributed by atoms with van der Waals surface area (Å²) in [6.07, 6.45) is -0.221. The summed E-state index contributed by atoms with van der Waals surface area (Å²) in [5, 5.41) is 0. The molecule has 2 rings (SSSR count). The Kier molecular flexibility index (Phi) is 4.20. The van der Waals surface area contributed by atoms with Crippen LogP contribution in [0.3, 0.4) is 0 Å². The molecule has 0 N–H and O–H groups in total. The van der Waals surface area contributed by atoms with E-state index in [1.54, 1.807) is 4.90 Å². The molecule has 1 atom stereocenters. The lowest BCUT2D eigenvalue weighted by Crippen LogP contribution is -2.53. The van der Waals surface area contributed by atoms with Crippen molar-refractivity contribution in [2.75, 3.05) is 26.7 Å². The minimum atomic E-state index is -0.221. The summed E-state index contributed by atoms with van der Waals surface area (Å²) in [6, 6.07) is 10.8. The van der Waals surface area contributed by atoms with E-state index >= 15 is 0 Å². The summed E-state index contributed by atoms with van der Waals surface area (Å²) in [4.78, 5) is 15.6. The number of carbonyl (C=O) groups is 1. The second-order valence-corrected chi connectivity index (χ2v) is 4.72. The Balaban J connectivity index is 1.92. The number of piperazine rings is 1. The quantitative estimate of drug-likeness (QED) is 0.802. The molecule has 4 nitrogen and oxygen atoms in total. The number of hydrogen-bond donors (Lipinski definition) is 0. The lowest BCUT2D eigenvalue weighted by molar-refractivity contribution is 0.0620. The molecule has 0 saturated carbocycles. The molecule has 98 valence electrons. The standard InChI is InChI=1S/C14H20N2O2/c1-12-10-16(14(17)18-2)9-8-15(12)11-13-6-4-3-5-7-13/h3-7,12H,8-11H2,1-2H3. The maximum absolute atomic E-state index is 11.5. The molecule has 0 bridgehead atoms. The van der Waals surface area contributed by atoms with E-state index in [4.69, 9.17) is 4.74 Å². The van der Waals surface area contributed by atoms with Crippen LogP contribution in [0.2, 0.25) is 0 Å². The second-order valence-electron chi connectivity index (χ2n) is 4.72. The fraction of sp³-hybridized carbons (Fsp3) is 0.500. The summed E-state index contributed by atoms with van der Waals surface area (Å²) < 4.78 is 4.76. The van der Waals surface area contributed by atoms with Crippen LogP contribution < -0.4 is 0 Å². The number of carbonyl (C=O) groups excluding carboxylic acids is 1. The highest BCUT2D eigenvalue weighted by Gasteiger charge is 2.26. The lowest BCUT2D eigenvalue weighted by Gasteiger charge is -2.39. The van der Waals surface area contributed by atoms with Gasteiger partial charge in [0.05, 0.1) is 7.11 Å². The molecule has 0 aromatic heterocycles. The molecule has 4 heteroatoms. The van der Waals surface area contributed by atoms with Crippen molar-refractivity contribution in [2.24, 2.45) is 0 Å². The maximum atomic E-state index is 11.5. The molecule has 1 amide bonds. The topological polar surface area (TPSA) is 32.8 Å². The van der Waals surface area contributed by atoms with Crippen LogP contribution in [0.5, 0.6) is 0 Å². The number of hydrogen-bond acceptors (Lipinski definition) is 3. The Bertz CT molecular complexity index is 394. The molecular weight excluding hydrogens is 228 g/mol. The van der Waals surface area contributed by atoms with Crippen LogP contribution in [-0.4, -0.2) is 48.7 Å². The third-order valence-corrected chi connectivity index (χ3v) is 3.43. The molecule has 0 aliphatic carbocycles. The van der Waals surface area contributed by atoms with Gasteiger partial charge in [0.1, 0.15) is 0 Å². The molecule has 1 unspecified atom stereocenters. The van der Waals surface area contributed by atoms with Crippen molar-refractivity contribution in [3.63, 3.8) is 0 Å². The van der Waals surface area contributed by atoms with Gasteiger partial charge in [-0.3, -0.25) is 4.90 Å². The van der Waals surface area contributed by atoms with Gasteiger partial charge in [-0.25, -0.2) is 4.79 Å². The Morgan fingerprint density at radius 3 is 2.67 bits per heavy atom. The summed E-state index contributed by atoms with van der Waals surface area (Å²) in [5.41, 5.74) is 1.32. The minimum Gasteiger partial charge on any atom is -0.453 e. The number of ether oxygens (including phenoxy) is 1. The van der Waals surface area contributed by atoms with E-state index in [0.717, 1.165) is 26.2 Å². The Labute approximate surface area is 108 Å². The first-order chi connectivity index (χ1) is 8.70. The number of nitrogens with zero attached hydrogens (tertiary/aromatic N) is 2. The van der Waals surface area contributed by atoms with E-state index in [1.807, 2.05) is 6.07 Å². The zero-order valence-corrected chi connectivity index (χ0v) is 11.0. The summed E-state index contributed by atoms with van der Waals surface area (Å²) in [6.45, 7) is 5.46. The van der Waals surface area contributed by atoms with Crippen molar-refractivity contribution in [1.82, 2.24) is 9.80 Å². The Morgan fingerprint density at radius 2 is 2.06 bits per heavy atom. The smallest absolute Gasteiger partial charge is 0.409 e. The van der Waals surface area contributed by atoms with E-state index in [1.165, 1.54) is 12.7 Å². The minimum absolute atomic E-state index is 0.221. The highest BCUT2D eigenvalue weighted by atomic mass is 16.5. The Morgan fingerprint density at radius 1 is 1.33 bits per heavy atom.